The second-order valence-corrected chi connectivity index (χ2v) is 8.24. The summed E-state index contributed by atoms with van der Waals surface area (Å²) in [6, 6.07) is 17.9. The van der Waals surface area contributed by atoms with Crippen LogP contribution in [0.25, 0.3) is 21.8 Å². The topological polar surface area (TPSA) is 71.9 Å². The number of nitrogens with zero attached hydrogens (tertiary/aromatic N) is 2. The Morgan fingerprint density at radius 2 is 1.78 bits per heavy atom. The average Bonchev–Trinajstić information content (AvgIpc) is 3.45. The normalized spacial score (nSPS) is 14.8. The van der Waals surface area contributed by atoms with Crippen molar-refractivity contribution in [1.82, 2.24) is 9.47 Å². The summed E-state index contributed by atoms with van der Waals surface area (Å²) in [5, 5.41) is 5.41. The Morgan fingerprint density at radius 1 is 1.00 bits per heavy atom. The Labute approximate surface area is 186 Å². The Morgan fingerprint density at radius 3 is 2.53 bits per heavy atom. The lowest BCUT2D eigenvalue weighted by atomic mass is 10.1. The first-order valence-corrected chi connectivity index (χ1v) is 11.1. The zero-order chi connectivity index (χ0) is 22.1. The van der Waals surface area contributed by atoms with Crippen molar-refractivity contribution in [2.75, 3.05) is 38.0 Å². The Bertz CT molecular complexity index is 1270. The molecule has 0 unspecified atom stereocenters. The Balaban J connectivity index is 1.23. The van der Waals surface area contributed by atoms with E-state index >= 15 is 0 Å². The molecule has 2 amide bonds. The van der Waals surface area contributed by atoms with Crippen molar-refractivity contribution in [2.45, 2.75) is 13.5 Å². The monoisotopic (exact) mass is 431 g/mol. The van der Waals surface area contributed by atoms with E-state index in [0.717, 1.165) is 30.7 Å². The van der Waals surface area contributed by atoms with E-state index in [-0.39, 0.29) is 11.8 Å². The predicted octanol–water partition coefficient (Wildman–Crippen LogP) is 2.39. The molecule has 0 atom stereocenters. The fourth-order valence-electron chi connectivity index (χ4n) is 4.66. The lowest BCUT2D eigenvalue weighted by molar-refractivity contribution is -0.895. The quantitative estimate of drug-likeness (QED) is 0.510. The third kappa shape index (κ3) is 3.76. The maximum atomic E-state index is 12.7. The van der Waals surface area contributed by atoms with Crippen LogP contribution < -0.4 is 10.2 Å². The van der Waals surface area contributed by atoms with E-state index in [2.05, 4.69) is 47.1 Å². The van der Waals surface area contributed by atoms with Crippen molar-refractivity contribution in [3.63, 3.8) is 0 Å². The molecule has 0 bridgehead atoms. The Kier molecular flexibility index (Phi) is 5.41. The summed E-state index contributed by atoms with van der Waals surface area (Å²) in [6.07, 6.45) is 1.51. The zero-order valence-electron chi connectivity index (χ0n) is 18.1. The number of hydrogen-bond acceptors (Lipinski definition) is 3. The van der Waals surface area contributed by atoms with Gasteiger partial charge in [-0.15, -0.1) is 0 Å². The molecule has 0 saturated carbocycles. The third-order valence-electron chi connectivity index (χ3n) is 6.27. The molecule has 5 rings (SSSR count). The van der Waals surface area contributed by atoms with Gasteiger partial charge in [-0.2, -0.15) is 0 Å². The first-order chi connectivity index (χ1) is 15.6. The first-order valence-electron chi connectivity index (χ1n) is 11.1. The average molecular weight is 432 g/mol. The second kappa shape index (κ2) is 8.51. The van der Waals surface area contributed by atoms with Gasteiger partial charge in [0.15, 0.2) is 12.3 Å². The number of anilines is 1. The van der Waals surface area contributed by atoms with Crippen molar-refractivity contribution >= 4 is 39.3 Å². The molecule has 7 nitrogen and oxygen atoms in total. The van der Waals surface area contributed by atoms with Crippen molar-refractivity contribution in [3.8, 4) is 0 Å². The van der Waals surface area contributed by atoms with E-state index in [0.29, 0.717) is 25.4 Å². The van der Waals surface area contributed by atoms with E-state index in [4.69, 9.17) is 4.42 Å². The van der Waals surface area contributed by atoms with Gasteiger partial charge in [0.2, 0.25) is 0 Å². The number of benzene rings is 2. The fourth-order valence-corrected chi connectivity index (χ4v) is 4.66. The summed E-state index contributed by atoms with van der Waals surface area (Å²) in [5.41, 5.74) is 3.20. The molecule has 0 radical (unpaired) electrons. The summed E-state index contributed by atoms with van der Waals surface area (Å²) in [7, 11) is 0. The maximum absolute atomic E-state index is 12.7. The van der Waals surface area contributed by atoms with Crippen LogP contribution >= 0.6 is 0 Å². The number of fused-ring (bicyclic) bond motifs is 3. The number of carbonyl (C=O) groups is 2. The van der Waals surface area contributed by atoms with Crippen LogP contribution in [-0.2, 0) is 11.3 Å². The van der Waals surface area contributed by atoms with Crippen LogP contribution in [0.3, 0.4) is 0 Å². The van der Waals surface area contributed by atoms with E-state index in [1.54, 1.807) is 17.0 Å². The molecule has 2 N–H and O–H groups in total. The molecule has 1 saturated heterocycles. The summed E-state index contributed by atoms with van der Waals surface area (Å²) in [5.74, 6) is 0.272. The molecular formula is C25H27N4O3+. The summed E-state index contributed by atoms with van der Waals surface area (Å²) in [6.45, 7) is 6.14. The molecule has 4 aromatic rings. The van der Waals surface area contributed by atoms with Crippen LogP contribution in [0.1, 0.15) is 17.5 Å². The molecule has 164 valence electrons. The number of quaternary nitrogens is 1. The standard InChI is InChI=1S/C25H26N4O3/c1-2-29-21-7-4-3-6-19(21)20-16-18(9-10-22(20)29)26-24(30)17-27-11-13-28(14-12-27)25(31)23-8-5-15-32-23/h3-10,15-16H,2,11-14,17H2,1H3,(H,26,30)/p+1. The second-order valence-electron chi connectivity index (χ2n) is 8.24. The molecule has 3 heterocycles. The molecule has 1 aliphatic heterocycles. The largest absolute Gasteiger partial charge is 0.459 e. The minimum Gasteiger partial charge on any atom is -0.459 e. The number of aryl methyl sites for hydroxylation is 1. The lowest BCUT2D eigenvalue weighted by Gasteiger charge is -2.31. The van der Waals surface area contributed by atoms with Crippen LogP contribution in [0, 0.1) is 0 Å². The van der Waals surface area contributed by atoms with Crippen molar-refractivity contribution in [2.24, 2.45) is 0 Å². The van der Waals surface area contributed by atoms with Crippen LogP contribution in [0.15, 0.2) is 65.3 Å². The molecule has 2 aromatic carbocycles. The van der Waals surface area contributed by atoms with Gasteiger partial charge in [-0.05, 0) is 43.3 Å². The minimum atomic E-state index is -0.0851. The predicted molar refractivity (Wildman–Crippen MR) is 124 cm³/mol. The molecule has 1 fully saturated rings. The molecule has 1 aliphatic rings. The van der Waals surface area contributed by atoms with Gasteiger partial charge in [0.25, 0.3) is 11.8 Å². The first kappa shape index (κ1) is 20.3. The van der Waals surface area contributed by atoms with E-state index in [9.17, 15) is 9.59 Å². The van der Waals surface area contributed by atoms with Crippen molar-refractivity contribution < 1.29 is 18.9 Å². The van der Waals surface area contributed by atoms with Gasteiger partial charge in [-0.25, -0.2) is 0 Å². The van der Waals surface area contributed by atoms with Crippen LogP contribution in [-0.4, -0.2) is 54.0 Å². The number of amides is 2. The van der Waals surface area contributed by atoms with Crippen LogP contribution in [0.4, 0.5) is 5.69 Å². The van der Waals surface area contributed by atoms with Gasteiger partial charge in [0.1, 0.15) is 0 Å². The molecule has 0 spiro atoms. The lowest BCUT2D eigenvalue weighted by Crippen LogP contribution is -3.15. The van der Waals surface area contributed by atoms with Gasteiger partial charge in [-0.1, -0.05) is 18.2 Å². The summed E-state index contributed by atoms with van der Waals surface area (Å²) < 4.78 is 7.50. The van der Waals surface area contributed by atoms with Crippen LogP contribution in [0.2, 0.25) is 0 Å². The van der Waals surface area contributed by atoms with Crippen molar-refractivity contribution in [1.29, 1.82) is 0 Å². The summed E-state index contributed by atoms with van der Waals surface area (Å²) >= 11 is 0. The smallest absolute Gasteiger partial charge is 0.289 e. The summed E-state index contributed by atoms with van der Waals surface area (Å²) in [4.78, 5) is 28.1. The molecule has 32 heavy (non-hydrogen) atoms. The van der Waals surface area contributed by atoms with Gasteiger partial charge in [-0.3, -0.25) is 9.59 Å². The molecular weight excluding hydrogens is 404 g/mol. The minimum absolute atomic E-state index is 0.00982. The fraction of sp³-hybridized carbons (Fsp3) is 0.280. The number of carbonyl (C=O) groups excluding carboxylic acids is 2. The van der Waals surface area contributed by atoms with E-state index in [1.165, 1.54) is 27.6 Å². The molecule has 7 heteroatoms. The van der Waals surface area contributed by atoms with Gasteiger partial charge < -0.3 is 24.1 Å². The van der Waals surface area contributed by atoms with Gasteiger partial charge in [0.05, 0.1) is 32.4 Å². The SMILES string of the molecule is CCn1c2ccccc2c2cc(NC(=O)C[NH+]3CCN(C(=O)c4ccco4)CC3)ccc21. The van der Waals surface area contributed by atoms with Gasteiger partial charge >= 0.3 is 0 Å². The number of hydrogen-bond donors (Lipinski definition) is 2. The highest BCUT2D eigenvalue weighted by molar-refractivity contribution is 6.09. The third-order valence-corrected chi connectivity index (χ3v) is 6.27. The number of piperazine rings is 1. The zero-order valence-corrected chi connectivity index (χ0v) is 18.1. The highest BCUT2D eigenvalue weighted by atomic mass is 16.3. The highest BCUT2D eigenvalue weighted by Crippen LogP contribution is 2.30. The molecule has 2 aromatic heterocycles. The van der Waals surface area contributed by atoms with Gasteiger partial charge in [0, 0.05) is 34.0 Å². The number of nitrogens with one attached hydrogen (secondary N) is 2. The number of rotatable bonds is 5. The maximum Gasteiger partial charge on any atom is 0.289 e. The van der Waals surface area contributed by atoms with E-state index in [1.807, 2.05) is 12.1 Å². The van der Waals surface area contributed by atoms with Crippen molar-refractivity contribution in [3.05, 3.63) is 66.6 Å². The highest BCUT2D eigenvalue weighted by Gasteiger charge is 2.27. The van der Waals surface area contributed by atoms with Crippen LogP contribution in [0.5, 0.6) is 0 Å². The Hall–Kier alpha value is -3.58. The molecule has 0 aliphatic carbocycles. The van der Waals surface area contributed by atoms with E-state index < -0.39 is 0 Å². The number of furan rings is 1. The number of aromatic nitrogens is 1. The number of para-hydroxylation sites is 1.